The summed E-state index contributed by atoms with van der Waals surface area (Å²) in [5, 5.41) is 27.5. The minimum absolute atomic E-state index is 0.132. The molecule has 0 aliphatic heterocycles. The Morgan fingerprint density at radius 2 is 1.44 bits per heavy atom. The lowest BCUT2D eigenvalue weighted by molar-refractivity contribution is -0.116. The molecular formula is C41H43F2N13O4S2. The number of halogens is 2. The Labute approximate surface area is 362 Å². The minimum atomic E-state index is -1.16. The summed E-state index contributed by atoms with van der Waals surface area (Å²) in [5.41, 5.74) is 3.95. The summed E-state index contributed by atoms with van der Waals surface area (Å²) >= 11 is 2.61. The topological polar surface area (TPSA) is 227 Å². The number of amides is 2. The van der Waals surface area contributed by atoms with Crippen LogP contribution in [-0.2, 0) is 22.4 Å². The number of hydrogen-bond acceptors (Lipinski definition) is 17. The van der Waals surface area contributed by atoms with Gasteiger partial charge in [-0.2, -0.15) is 9.97 Å². The molecule has 17 nitrogen and oxygen atoms in total. The van der Waals surface area contributed by atoms with Crippen molar-refractivity contribution in [3.8, 4) is 0 Å². The zero-order chi connectivity index (χ0) is 43.8. The number of carbonyl (C=O) groups is 2. The van der Waals surface area contributed by atoms with E-state index in [0.29, 0.717) is 80.7 Å². The van der Waals surface area contributed by atoms with E-state index in [-0.39, 0.29) is 35.8 Å². The van der Waals surface area contributed by atoms with Crippen LogP contribution < -0.4 is 26.6 Å². The lowest BCUT2D eigenvalue weighted by Gasteiger charge is -2.17. The average Bonchev–Trinajstić information content (AvgIpc) is 3.85. The van der Waals surface area contributed by atoms with E-state index in [1.165, 1.54) is 34.8 Å². The lowest BCUT2D eigenvalue weighted by Crippen LogP contribution is -2.27. The molecule has 2 amide bonds. The van der Waals surface area contributed by atoms with Gasteiger partial charge in [-0.05, 0) is 68.1 Å². The molecular weight excluding hydrogens is 841 g/mol. The first-order valence-electron chi connectivity index (χ1n) is 19.6. The first-order valence-corrected chi connectivity index (χ1v) is 21.2. The number of rotatable bonds is 19. The maximum Gasteiger partial charge on any atom is 0.271 e. The molecule has 0 aliphatic rings. The summed E-state index contributed by atoms with van der Waals surface area (Å²) in [6.45, 7) is 6.50. The molecule has 7 rings (SSSR count). The van der Waals surface area contributed by atoms with Gasteiger partial charge in [0.15, 0.2) is 17.0 Å². The second-order valence-electron chi connectivity index (χ2n) is 14.2. The van der Waals surface area contributed by atoms with Crippen LogP contribution in [0.5, 0.6) is 0 Å². The molecule has 62 heavy (non-hydrogen) atoms. The number of methoxy groups -OCH3 is 1. The molecule has 0 spiro atoms. The van der Waals surface area contributed by atoms with Gasteiger partial charge in [0.25, 0.3) is 5.91 Å². The number of anilines is 3. The summed E-state index contributed by atoms with van der Waals surface area (Å²) < 4.78 is 33.8. The Morgan fingerprint density at radius 3 is 2.08 bits per heavy atom. The van der Waals surface area contributed by atoms with Crippen LogP contribution in [0.4, 0.5) is 26.4 Å². The van der Waals surface area contributed by atoms with E-state index >= 15 is 0 Å². The highest BCUT2D eigenvalue weighted by Crippen LogP contribution is 2.30. The minimum Gasteiger partial charge on any atom is -0.383 e. The maximum atomic E-state index is 13.8. The highest BCUT2D eigenvalue weighted by atomic mass is 32.1. The van der Waals surface area contributed by atoms with Crippen molar-refractivity contribution in [2.45, 2.75) is 58.3 Å². The highest BCUT2D eigenvalue weighted by molar-refractivity contribution is 7.19. The van der Waals surface area contributed by atoms with Crippen LogP contribution in [-0.4, -0.2) is 83.6 Å². The molecule has 6 N–H and O–H groups in total. The summed E-state index contributed by atoms with van der Waals surface area (Å²) in [4.78, 5) is 61.5. The largest absolute Gasteiger partial charge is 0.383 e. The van der Waals surface area contributed by atoms with E-state index in [1.807, 2.05) is 32.9 Å². The fourth-order valence-electron chi connectivity index (χ4n) is 6.27. The zero-order valence-corrected chi connectivity index (χ0v) is 35.7. The number of carbonyl (C=O) groups excluding carboxylic acids is 2. The molecule has 0 aliphatic carbocycles. The molecule has 322 valence electrons. The number of aliphatic hydroxyl groups excluding tert-OH is 1. The van der Waals surface area contributed by atoms with Crippen LogP contribution in [0, 0.1) is 18.6 Å². The molecule has 3 atom stereocenters. The summed E-state index contributed by atoms with van der Waals surface area (Å²) in [6, 6.07) is 9.28. The van der Waals surface area contributed by atoms with Crippen molar-refractivity contribution >= 4 is 72.8 Å². The van der Waals surface area contributed by atoms with Crippen LogP contribution >= 0.6 is 22.7 Å². The van der Waals surface area contributed by atoms with Gasteiger partial charge in [-0.15, -0.1) is 22.7 Å². The SMILES string of the molecule is COCCNC(O)c1nc(NC(C)c2cncc(F)c2)nc2nc(CCC(=O)Nc3ccc(CCNC(=O)c4nc(NC(C)c5cncc(F)c5)nc5nc(C)sc45)cc3)sc12. The van der Waals surface area contributed by atoms with Crippen LogP contribution in [0.1, 0.15) is 81.5 Å². The van der Waals surface area contributed by atoms with Crippen molar-refractivity contribution in [2.75, 3.05) is 42.8 Å². The summed E-state index contributed by atoms with van der Waals surface area (Å²) in [5.74, 6) is -1.17. The normalized spacial score (nSPS) is 12.9. The van der Waals surface area contributed by atoms with Gasteiger partial charge in [-0.25, -0.2) is 28.7 Å². The van der Waals surface area contributed by atoms with Crippen LogP contribution in [0.3, 0.4) is 0 Å². The number of nitrogens with zero attached hydrogens (tertiary/aromatic N) is 8. The van der Waals surface area contributed by atoms with E-state index in [4.69, 9.17) is 4.74 Å². The van der Waals surface area contributed by atoms with Crippen molar-refractivity contribution in [3.63, 3.8) is 0 Å². The predicted octanol–water partition coefficient (Wildman–Crippen LogP) is 5.98. The van der Waals surface area contributed by atoms with E-state index in [0.717, 1.165) is 23.0 Å². The highest BCUT2D eigenvalue weighted by Gasteiger charge is 2.22. The summed E-state index contributed by atoms with van der Waals surface area (Å²) in [6.07, 6.45) is 5.14. The van der Waals surface area contributed by atoms with Gasteiger partial charge in [-0.3, -0.25) is 24.9 Å². The average molecular weight is 884 g/mol. The van der Waals surface area contributed by atoms with Gasteiger partial charge >= 0.3 is 0 Å². The van der Waals surface area contributed by atoms with Crippen molar-refractivity contribution < 1.29 is 28.2 Å². The number of thiazole rings is 2. The number of benzene rings is 1. The molecule has 6 aromatic heterocycles. The molecule has 3 unspecified atom stereocenters. The van der Waals surface area contributed by atoms with Gasteiger partial charge in [0.1, 0.15) is 28.3 Å². The Bertz CT molecular complexity index is 2680. The number of fused-ring (bicyclic) bond motifs is 2. The van der Waals surface area contributed by atoms with E-state index in [1.54, 1.807) is 31.6 Å². The summed E-state index contributed by atoms with van der Waals surface area (Å²) in [7, 11) is 1.56. The Hall–Kier alpha value is -6.26. The number of hydrogen-bond donors (Lipinski definition) is 6. The molecule has 0 radical (unpaired) electrons. The maximum absolute atomic E-state index is 13.8. The molecule has 0 saturated carbocycles. The third-order valence-electron chi connectivity index (χ3n) is 9.45. The van der Waals surface area contributed by atoms with Gasteiger partial charge in [0, 0.05) is 51.1 Å². The Morgan fingerprint density at radius 1 is 0.790 bits per heavy atom. The first kappa shape index (κ1) is 43.8. The standard InChI is InChI=1S/C41H43F2N13O4S2/c1-21(25-15-27(42)19-44-17-25)48-40-53-32(34-36(55-40)50-23(3)61-34)38(58)46-12-11-24-5-7-29(8-6-24)51-30(57)9-10-31-52-37-35(62-31)33(39(59)47-13-14-60-4)54-41(56-37)49-22(2)26-16-28(43)20-45-18-26/h5-8,15-22,39,47,59H,9-14H2,1-4H3,(H,46,58)(H,51,57)(H,48,53,55)(H,49,54,56). The molecule has 6 heterocycles. The Balaban J connectivity index is 0.937. The number of aryl methyl sites for hydroxylation is 2. The number of nitrogens with one attached hydrogen (secondary N) is 5. The third-order valence-corrected chi connectivity index (χ3v) is 11.5. The van der Waals surface area contributed by atoms with Crippen LogP contribution in [0.25, 0.3) is 20.7 Å². The quantitative estimate of drug-likeness (QED) is 0.0406. The van der Waals surface area contributed by atoms with Gasteiger partial charge < -0.3 is 31.1 Å². The smallest absolute Gasteiger partial charge is 0.271 e. The molecule has 21 heteroatoms. The van der Waals surface area contributed by atoms with Crippen molar-refractivity contribution in [3.05, 3.63) is 111 Å². The lowest BCUT2D eigenvalue weighted by atomic mass is 10.1. The molecule has 0 fully saturated rings. The number of aliphatic hydroxyl groups is 1. The van der Waals surface area contributed by atoms with E-state index < -0.39 is 29.9 Å². The number of ether oxygens (including phenoxy) is 1. The van der Waals surface area contributed by atoms with Crippen LogP contribution in [0.15, 0.2) is 61.2 Å². The monoisotopic (exact) mass is 883 g/mol. The second-order valence-corrected chi connectivity index (χ2v) is 16.5. The zero-order valence-electron chi connectivity index (χ0n) is 34.1. The fourth-order valence-corrected chi connectivity index (χ4v) is 8.13. The molecule has 7 aromatic rings. The van der Waals surface area contributed by atoms with E-state index in [2.05, 4.69) is 66.5 Å². The second kappa shape index (κ2) is 20.1. The number of pyridine rings is 2. The first-order chi connectivity index (χ1) is 29.9. The van der Waals surface area contributed by atoms with Crippen LogP contribution in [0.2, 0.25) is 0 Å². The van der Waals surface area contributed by atoms with Gasteiger partial charge in [-0.1, -0.05) is 12.1 Å². The third kappa shape index (κ3) is 11.2. The predicted molar refractivity (Wildman–Crippen MR) is 232 cm³/mol. The van der Waals surface area contributed by atoms with Gasteiger partial charge in [0.2, 0.25) is 17.8 Å². The molecule has 1 aromatic carbocycles. The van der Waals surface area contributed by atoms with Gasteiger partial charge in [0.05, 0.1) is 45.8 Å². The Kier molecular flexibility index (Phi) is 14.2. The molecule has 0 saturated heterocycles. The number of aromatic nitrogens is 8. The fraction of sp³-hybridized carbons (Fsp3) is 0.317. The van der Waals surface area contributed by atoms with E-state index in [9.17, 15) is 23.5 Å². The van der Waals surface area contributed by atoms with Crippen molar-refractivity contribution in [2.24, 2.45) is 0 Å². The van der Waals surface area contributed by atoms with Crippen molar-refractivity contribution in [1.29, 1.82) is 0 Å². The molecule has 0 bridgehead atoms. The van der Waals surface area contributed by atoms with Crippen molar-refractivity contribution in [1.82, 2.24) is 50.5 Å².